The van der Waals surface area contributed by atoms with Gasteiger partial charge in [0, 0.05) is 19.0 Å². The lowest BCUT2D eigenvalue weighted by Crippen LogP contribution is -2.21. The van der Waals surface area contributed by atoms with E-state index in [4.69, 9.17) is 0 Å². The van der Waals surface area contributed by atoms with E-state index >= 15 is 0 Å². The summed E-state index contributed by atoms with van der Waals surface area (Å²) in [6.07, 6.45) is 7.56. The van der Waals surface area contributed by atoms with Gasteiger partial charge in [0.05, 0.1) is 0 Å². The van der Waals surface area contributed by atoms with E-state index in [1.54, 1.807) is 18.3 Å². The van der Waals surface area contributed by atoms with Crippen LogP contribution in [0.15, 0.2) is 53.6 Å². The summed E-state index contributed by atoms with van der Waals surface area (Å²) in [5.74, 6) is 1.70. The topological polar surface area (TPSA) is 59.1 Å². The number of hydrogen-bond donors (Lipinski definition) is 1. The minimum Gasteiger partial charge on any atom is -0.369 e. The van der Waals surface area contributed by atoms with E-state index in [0.717, 1.165) is 19.4 Å². The van der Waals surface area contributed by atoms with Crippen molar-refractivity contribution in [2.24, 2.45) is 5.92 Å². The van der Waals surface area contributed by atoms with Gasteiger partial charge in [-0.3, -0.25) is 0 Å². The van der Waals surface area contributed by atoms with Crippen molar-refractivity contribution in [2.75, 3.05) is 18.1 Å². The lowest BCUT2D eigenvalue weighted by atomic mass is 9.79. The second kappa shape index (κ2) is 7.34. The molecule has 1 aromatic heterocycles. The summed E-state index contributed by atoms with van der Waals surface area (Å²) >= 11 is 0. The Morgan fingerprint density at radius 1 is 1.04 bits per heavy atom. The molecule has 1 N–H and O–H groups in total. The highest BCUT2D eigenvalue weighted by molar-refractivity contribution is 7.90. The maximum absolute atomic E-state index is 11.8. The van der Waals surface area contributed by atoms with Gasteiger partial charge in [-0.15, -0.1) is 0 Å². The third-order valence-electron chi connectivity index (χ3n) is 4.85. The first-order chi connectivity index (χ1) is 11.5. The average Bonchev–Trinajstić information content (AvgIpc) is 2.61. The maximum Gasteiger partial charge on any atom is 0.179 e. The quantitative estimate of drug-likeness (QED) is 0.894. The summed E-state index contributed by atoms with van der Waals surface area (Å²) in [6, 6.07) is 14.0. The van der Waals surface area contributed by atoms with Gasteiger partial charge < -0.3 is 5.32 Å². The molecule has 0 bridgehead atoms. The Hall–Kier alpha value is -1.88. The Balaban J connectivity index is 1.56. The predicted molar refractivity (Wildman–Crippen MR) is 97.0 cm³/mol. The molecule has 1 aliphatic carbocycles. The van der Waals surface area contributed by atoms with E-state index in [9.17, 15) is 8.42 Å². The molecule has 24 heavy (non-hydrogen) atoms. The van der Waals surface area contributed by atoms with Crippen molar-refractivity contribution in [3.05, 3.63) is 54.2 Å². The van der Waals surface area contributed by atoms with Gasteiger partial charge in [-0.2, -0.15) is 0 Å². The number of hydrogen-bond acceptors (Lipinski definition) is 4. The Morgan fingerprint density at radius 3 is 2.42 bits per heavy atom. The zero-order valence-electron chi connectivity index (χ0n) is 14.0. The molecule has 0 radical (unpaired) electrons. The summed E-state index contributed by atoms with van der Waals surface area (Å²) in [5.41, 5.74) is 1.44. The lowest BCUT2D eigenvalue weighted by molar-refractivity contribution is 0.338. The van der Waals surface area contributed by atoms with Crippen molar-refractivity contribution in [2.45, 2.75) is 36.5 Å². The molecule has 0 unspecified atom stereocenters. The molecule has 1 saturated carbocycles. The van der Waals surface area contributed by atoms with Gasteiger partial charge in [0.2, 0.25) is 0 Å². The van der Waals surface area contributed by atoms with Crippen molar-refractivity contribution in [3.63, 3.8) is 0 Å². The molecule has 128 valence electrons. The SMILES string of the molecule is CS(=O)(=O)c1cccnc1NCC1CCC(c2ccccc2)CC1. The number of rotatable bonds is 5. The van der Waals surface area contributed by atoms with Crippen molar-refractivity contribution < 1.29 is 8.42 Å². The molecule has 1 aromatic carbocycles. The summed E-state index contributed by atoms with van der Waals surface area (Å²) in [5, 5.41) is 3.25. The van der Waals surface area contributed by atoms with Gasteiger partial charge in [-0.1, -0.05) is 30.3 Å². The molecule has 3 rings (SSSR count). The zero-order valence-corrected chi connectivity index (χ0v) is 14.8. The zero-order chi connectivity index (χ0) is 17.0. The minimum atomic E-state index is -3.26. The van der Waals surface area contributed by atoms with E-state index in [-0.39, 0.29) is 4.90 Å². The summed E-state index contributed by atoms with van der Waals surface area (Å²) in [4.78, 5) is 4.48. The largest absolute Gasteiger partial charge is 0.369 e. The first kappa shape index (κ1) is 17.0. The number of nitrogens with zero attached hydrogens (tertiary/aromatic N) is 1. The van der Waals surface area contributed by atoms with Crippen LogP contribution in [0.4, 0.5) is 5.82 Å². The highest BCUT2D eigenvalue weighted by Gasteiger charge is 2.23. The van der Waals surface area contributed by atoms with Gasteiger partial charge in [0.25, 0.3) is 0 Å². The molecule has 0 atom stereocenters. The molecular formula is C19H24N2O2S. The van der Waals surface area contributed by atoms with E-state index in [0.29, 0.717) is 17.7 Å². The van der Waals surface area contributed by atoms with E-state index in [2.05, 4.69) is 40.6 Å². The van der Waals surface area contributed by atoms with Crippen molar-refractivity contribution in [1.29, 1.82) is 0 Å². The molecule has 0 spiro atoms. The molecule has 1 fully saturated rings. The maximum atomic E-state index is 11.8. The number of nitrogens with one attached hydrogen (secondary N) is 1. The van der Waals surface area contributed by atoms with E-state index in [1.807, 2.05) is 0 Å². The molecule has 0 saturated heterocycles. The monoisotopic (exact) mass is 344 g/mol. The number of sulfone groups is 1. The van der Waals surface area contributed by atoms with Crippen molar-refractivity contribution in [1.82, 2.24) is 4.98 Å². The minimum absolute atomic E-state index is 0.281. The molecule has 1 heterocycles. The fourth-order valence-corrected chi connectivity index (χ4v) is 4.29. The highest BCUT2D eigenvalue weighted by Crippen LogP contribution is 2.35. The van der Waals surface area contributed by atoms with Crippen LogP contribution in [0.5, 0.6) is 0 Å². The fourth-order valence-electron chi connectivity index (χ4n) is 3.49. The molecular weight excluding hydrogens is 320 g/mol. The predicted octanol–water partition coefficient (Wildman–Crippen LogP) is 3.87. The summed E-state index contributed by atoms with van der Waals surface area (Å²) in [7, 11) is -3.26. The number of aromatic nitrogens is 1. The molecule has 4 nitrogen and oxygen atoms in total. The molecule has 0 amide bonds. The highest BCUT2D eigenvalue weighted by atomic mass is 32.2. The van der Waals surface area contributed by atoms with Crippen LogP contribution >= 0.6 is 0 Å². The van der Waals surface area contributed by atoms with Gasteiger partial charge in [-0.05, 0) is 55.2 Å². The first-order valence-electron chi connectivity index (χ1n) is 8.48. The van der Waals surface area contributed by atoms with Crippen molar-refractivity contribution in [3.8, 4) is 0 Å². The third kappa shape index (κ3) is 4.15. The molecule has 0 aliphatic heterocycles. The fraction of sp³-hybridized carbons (Fsp3) is 0.421. The number of benzene rings is 1. The smallest absolute Gasteiger partial charge is 0.179 e. The Bertz CT molecular complexity index is 767. The Morgan fingerprint density at radius 2 is 1.75 bits per heavy atom. The molecule has 2 aromatic rings. The van der Waals surface area contributed by atoms with Crippen LogP contribution in [0.25, 0.3) is 0 Å². The van der Waals surface area contributed by atoms with Crippen LogP contribution in [0.1, 0.15) is 37.2 Å². The van der Waals surface area contributed by atoms with Crippen LogP contribution < -0.4 is 5.32 Å². The van der Waals surface area contributed by atoms with Crippen molar-refractivity contribution >= 4 is 15.7 Å². The van der Waals surface area contributed by atoms with Gasteiger partial charge >= 0.3 is 0 Å². The van der Waals surface area contributed by atoms with E-state index in [1.165, 1.54) is 24.7 Å². The third-order valence-corrected chi connectivity index (χ3v) is 5.97. The van der Waals surface area contributed by atoms with Crippen LogP contribution in [0.2, 0.25) is 0 Å². The Labute approximate surface area is 144 Å². The second-order valence-corrected chi connectivity index (χ2v) is 8.62. The second-order valence-electron chi connectivity index (χ2n) is 6.63. The molecule has 5 heteroatoms. The Kier molecular flexibility index (Phi) is 5.19. The van der Waals surface area contributed by atoms with Crippen LogP contribution in [0.3, 0.4) is 0 Å². The van der Waals surface area contributed by atoms with E-state index < -0.39 is 9.84 Å². The normalized spacial score (nSPS) is 21.4. The van der Waals surface area contributed by atoms with Gasteiger partial charge in [-0.25, -0.2) is 13.4 Å². The van der Waals surface area contributed by atoms with Gasteiger partial charge in [0.1, 0.15) is 10.7 Å². The van der Waals surface area contributed by atoms with Gasteiger partial charge in [0.15, 0.2) is 9.84 Å². The first-order valence-corrected chi connectivity index (χ1v) is 10.4. The van der Waals surface area contributed by atoms with Crippen LogP contribution in [-0.4, -0.2) is 26.2 Å². The lowest BCUT2D eigenvalue weighted by Gasteiger charge is -2.29. The number of pyridine rings is 1. The van der Waals surface area contributed by atoms with Crippen LogP contribution in [0, 0.1) is 5.92 Å². The summed E-state index contributed by atoms with van der Waals surface area (Å²) in [6.45, 7) is 0.779. The van der Waals surface area contributed by atoms with Crippen LogP contribution in [-0.2, 0) is 9.84 Å². The molecule has 1 aliphatic rings. The summed E-state index contributed by atoms with van der Waals surface area (Å²) < 4.78 is 23.6. The average molecular weight is 344 g/mol. The number of anilines is 1. The standard InChI is InChI=1S/C19H24N2O2S/c1-24(22,23)18-8-5-13-20-19(18)21-14-15-9-11-17(12-10-15)16-6-3-2-4-7-16/h2-8,13,15,17H,9-12,14H2,1H3,(H,20,21).